The van der Waals surface area contributed by atoms with Gasteiger partial charge in [-0.25, -0.2) is 0 Å². The first-order valence-corrected chi connectivity index (χ1v) is 14.5. The zero-order valence-corrected chi connectivity index (χ0v) is 24.8. The van der Waals surface area contributed by atoms with Crippen LogP contribution in [0.5, 0.6) is 11.5 Å². The van der Waals surface area contributed by atoms with Crippen LogP contribution in [0.2, 0.25) is 0 Å². The van der Waals surface area contributed by atoms with E-state index in [4.69, 9.17) is 9.47 Å². The number of rotatable bonds is 4. The third kappa shape index (κ3) is 3.48. The summed E-state index contributed by atoms with van der Waals surface area (Å²) in [6.07, 6.45) is 3.75. The summed E-state index contributed by atoms with van der Waals surface area (Å²) in [7, 11) is 3.19. The number of hydrogen-bond acceptors (Lipinski definition) is 4. The van der Waals surface area contributed by atoms with E-state index in [1.54, 1.807) is 24.0 Å². The highest BCUT2D eigenvalue weighted by Crippen LogP contribution is 2.54. The molecule has 0 fully saturated rings. The Hall–Kier alpha value is -5.62. The van der Waals surface area contributed by atoms with Crippen LogP contribution in [0.4, 0.5) is 0 Å². The first-order chi connectivity index (χ1) is 21.4. The summed E-state index contributed by atoms with van der Waals surface area (Å²) in [5.74, 6) is 0.638. The van der Waals surface area contributed by atoms with Crippen LogP contribution in [0.15, 0.2) is 108 Å². The Labute approximate surface area is 255 Å². The monoisotopic (exact) mass is 576 g/mol. The van der Waals surface area contributed by atoms with Crippen LogP contribution < -0.4 is 9.47 Å². The van der Waals surface area contributed by atoms with Gasteiger partial charge in [0.05, 0.1) is 36.8 Å². The summed E-state index contributed by atoms with van der Waals surface area (Å²) in [6, 6.07) is 28.1. The SMILES string of the molecule is COc1cc2c(cc1OC)C1=C3C(=O)N4C=C(c5ccccc5)c5cc(C)c(C)cc5C4=C3C(=O)N1C=C2c1ccccc1. The fourth-order valence-electron chi connectivity index (χ4n) is 6.74. The molecule has 0 radical (unpaired) electrons. The standard InChI is InChI=1S/C38H28N2O4/c1-21-15-25-27(16-22(21)2)35-33-34(38(42)39(35)19-29(25)23-11-7-5-8-12-23)36-28-18-32(44-4)31(43-3)17-26(28)30(20-40(36)37(33)41)24-13-9-6-10-14-24/h5-20H,1-4H3. The van der Waals surface area contributed by atoms with Crippen molar-refractivity contribution in [2.75, 3.05) is 14.2 Å². The van der Waals surface area contributed by atoms with Gasteiger partial charge in [0.15, 0.2) is 11.5 Å². The summed E-state index contributed by atoms with van der Waals surface area (Å²) in [5, 5.41) is 0. The van der Waals surface area contributed by atoms with E-state index in [0.717, 1.165) is 55.7 Å². The maximum atomic E-state index is 14.5. The second-order valence-electron chi connectivity index (χ2n) is 11.3. The minimum atomic E-state index is -0.226. The fourth-order valence-corrected chi connectivity index (χ4v) is 6.74. The van der Waals surface area contributed by atoms with E-state index in [1.165, 1.54) is 0 Å². The summed E-state index contributed by atoms with van der Waals surface area (Å²) in [5.41, 5.74) is 11.5. The smallest absolute Gasteiger partial charge is 0.265 e. The van der Waals surface area contributed by atoms with Crippen molar-refractivity contribution in [3.63, 3.8) is 0 Å². The van der Waals surface area contributed by atoms with Crippen molar-refractivity contribution >= 4 is 34.4 Å². The Morgan fingerprint density at radius 3 is 1.36 bits per heavy atom. The number of methoxy groups -OCH3 is 2. The molecule has 4 heterocycles. The number of ether oxygens (including phenoxy) is 2. The topological polar surface area (TPSA) is 59.1 Å². The molecule has 214 valence electrons. The molecule has 4 aromatic rings. The lowest BCUT2D eigenvalue weighted by Crippen LogP contribution is -2.28. The number of fused-ring (bicyclic) bond motifs is 7. The molecule has 0 atom stereocenters. The van der Waals surface area contributed by atoms with Crippen LogP contribution in [-0.4, -0.2) is 35.8 Å². The quantitative estimate of drug-likeness (QED) is 0.264. The van der Waals surface area contributed by atoms with Crippen molar-refractivity contribution < 1.29 is 19.1 Å². The third-order valence-corrected chi connectivity index (χ3v) is 9.00. The van der Waals surface area contributed by atoms with E-state index in [9.17, 15) is 9.59 Å². The van der Waals surface area contributed by atoms with Crippen LogP contribution in [-0.2, 0) is 9.59 Å². The van der Waals surface area contributed by atoms with Crippen LogP contribution in [0.25, 0.3) is 22.5 Å². The van der Waals surface area contributed by atoms with Gasteiger partial charge in [0.1, 0.15) is 0 Å². The van der Waals surface area contributed by atoms with E-state index in [0.29, 0.717) is 34.0 Å². The molecule has 0 spiro atoms. The van der Waals surface area contributed by atoms with Gasteiger partial charge in [-0.1, -0.05) is 66.7 Å². The molecule has 0 saturated heterocycles. The summed E-state index contributed by atoms with van der Waals surface area (Å²) in [6.45, 7) is 4.15. The average molecular weight is 577 g/mol. The molecule has 8 rings (SSSR count). The second-order valence-corrected chi connectivity index (χ2v) is 11.3. The Kier molecular flexibility index (Phi) is 5.59. The van der Waals surface area contributed by atoms with Gasteiger partial charge < -0.3 is 9.47 Å². The fraction of sp³-hybridized carbons (Fsp3) is 0.105. The molecule has 6 nitrogen and oxygen atoms in total. The van der Waals surface area contributed by atoms with E-state index in [-0.39, 0.29) is 11.8 Å². The molecule has 2 amide bonds. The molecular weight excluding hydrogens is 548 g/mol. The number of nitrogens with zero attached hydrogens (tertiary/aromatic N) is 2. The molecule has 0 N–H and O–H groups in total. The molecule has 4 aromatic carbocycles. The number of hydrogen-bond donors (Lipinski definition) is 0. The van der Waals surface area contributed by atoms with Crippen molar-refractivity contribution in [1.82, 2.24) is 9.80 Å². The van der Waals surface area contributed by atoms with Crippen molar-refractivity contribution in [3.05, 3.63) is 153 Å². The zero-order chi connectivity index (χ0) is 30.3. The van der Waals surface area contributed by atoms with Crippen LogP contribution in [0, 0.1) is 13.8 Å². The van der Waals surface area contributed by atoms with Gasteiger partial charge in [0.25, 0.3) is 11.8 Å². The van der Waals surface area contributed by atoms with E-state index in [2.05, 4.69) is 26.0 Å². The van der Waals surface area contributed by atoms with E-state index in [1.807, 2.05) is 85.2 Å². The first-order valence-electron chi connectivity index (χ1n) is 14.5. The number of carbonyl (C=O) groups is 2. The largest absolute Gasteiger partial charge is 0.493 e. The molecule has 0 unspecified atom stereocenters. The Bertz CT molecular complexity index is 2080. The number of carbonyl (C=O) groups excluding carboxylic acids is 2. The normalized spacial score (nSPS) is 16.3. The predicted octanol–water partition coefficient (Wildman–Crippen LogP) is 6.93. The second kappa shape index (κ2) is 9.44. The molecule has 0 aromatic heterocycles. The maximum Gasteiger partial charge on any atom is 0.265 e. The van der Waals surface area contributed by atoms with Gasteiger partial charge >= 0.3 is 0 Å². The summed E-state index contributed by atoms with van der Waals surface area (Å²) < 4.78 is 11.4. The van der Waals surface area contributed by atoms with Crippen molar-refractivity contribution in [3.8, 4) is 11.5 Å². The van der Waals surface area contributed by atoms with Gasteiger partial charge in [-0.15, -0.1) is 0 Å². The molecular formula is C38H28N2O4. The lowest BCUT2D eigenvalue weighted by atomic mass is 9.86. The lowest BCUT2D eigenvalue weighted by Gasteiger charge is -2.31. The van der Waals surface area contributed by atoms with Crippen molar-refractivity contribution in [2.45, 2.75) is 13.8 Å². The number of amides is 2. The third-order valence-electron chi connectivity index (χ3n) is 9.00. The average Bonchev–Trinajstić information content (AvgIpc) is 3.51. The molecule has 4 aliphatic rings. The van der Waals surface area contributed by atoms with Gasteiger partial charge in [-0.2, -0.15) is 0 Å². The Balaban J connectivity index is 1.43. The first kappa shape index (κ1) is 26.0. The maximum absolute atomic E-state index is 14.5. The molecule has 6 heteroatoms. The van der Waals surface area contributed by atoms with Crippen LogP contribution in [0.3, 0.4) is 0 Å². The van der Waals surface area contributed by atoms with Crippen molar-refractivity contribution in [2.24, 2.45) is 0 Å². The molecule has 4 aliphatic heterocycles. The molecule has 0 bridgehead atoms. The minimum absolute atomic E-state index is 0.226. The van der Waals surface area contributed by atoms with E-state index >= 15 is 0 Å². The molecule has 0 saturated carbocycles. The highest BCUT2D eigenvalue weighted by molar-refractivity contribution is 6.32. The van der Waals surface area contributed by atoms with E-state index < -0.39 is 0 Å². The number of aryl methyl sites for hydroxylation is 2. The van der Waals surface area contributed by atoms with Gasteiger partial charge in [-0.05, 0) is 65.4 Å². The van der Waals surface area contributed by atoms with Crippen LogP contribution in [0.1, 0.15) is 44.5 Å². The van der Waals surface area contributed by atoms with Gasteiger partial charge in [0, 0.05) is 34.7 Å². The summed E-state index contributed by atoms with van der Waals surface area (Å²) >= 11 is 0. The zero-order valence-electron chi connectivity index (χ0n) is 24.8. The minimum Gasteiger partial charge on any atom is -0.493 e. The molecule has 0 aliphatic carbocycles. The highest BCUT2D eigenvalue weighted by atomic mass is 16.5. The van der Waals surface area contributed by atoms with Gasteiger partial charge in [0.2, 0.25) is 0 Å². The predicted molar refractivity (Wildman–Crippen MR) is 170 cm³/mol. The molecule has 44 heavy (non-hydrogen) atoms. The number of benzene rings is 4. The lowest BCUT2D eigenvalue weighted by molar-refractivity contribution is -0.122. The van der Waals surface area contributed by atoms with Gasteiger partial charge in [-0.3, -0.25) is 19.4 Å². The van der Waals surface area contributed by atoms with Crippen LogP contribution >= 0.6 is 0 Å². The van der Waals surface area contributed by atoms with Crippen molar-refractivity contribution in [1.29, 1.82) is 0 Å². The Morgan fingerprint density at radius 1 is 0.523 bits per heavy atom. The Morgan fingerprint density at radius 2 is 0.909 bits per heavy atom. The highest BCUT2D eigenvalue weighted by Gasteiger charge is 2.51. The summed E-state index contributed by atoms with van der Waals surface area (Å²) in [4.78, 5) is 32.4.